The highest BCUT2D eigenvalue weighted by Crippen LogP contribution is 2.23. The average Bonchev–Trinajstić information content (AvgIpc) is 2.89. The molecular formula is C16H22N2O3. The third-order valence-corrected chi connectivity index (χ3v) is 3.90. The minimum Gasteiger partial charge on any atom is -0.469 e. The van der Waals surface area contributed by atoms with E-state index in [4.69, 9.17) is 0 Å². The maximum Gasteiger partial charge on any atom is 0.305 e. The molecule has 1 saturated heterocycles. The lowest BCUT2D eigenvalue weighted by atomic mass is 10.2. The molecule has 1 atom stereocenters. The molecule has 1 aliphatic heterocycles. The molecule has 1 aromatic rings. The Labute approximate surface area is 125 Å². The van der Waals surface area contributed by atoms with Crippen molar-refractivity contribution in [3.8, 4) is 0 Å². The Morgan fingerprint density at radius 1 is 1.38 bits per heavy atom. The molecule has 5 heteroatoms. The van der Waals surface area contributed by atoms with Crippen LogP contribution >= 0.6 is 0 Å². The highest BCUT2D eigenvalue weighted by atomic mass is 16.5. The van der Waals surface area contributed by atoms with E-state index in [2.05, 4.69) is 4.74 Å². The molecule has 0 aromatic heterocycles. The van der Waals surface area contributed by atoms with Gasteiger partial charge in [0, 0.05) is 18.7 Å². The first-order valence-corrected chi connectivity index (χ1v) is 7.27. The molecule has 1 aromatic carbocycles. The molecule has 1 fully saturated rings. The summed E-state index contributed by atoms with van der Waals surface area (Å²) in [6.45, 7) is 1.46. The van der Waals surface area contributed by atoms with Crippen LogP contribution in [0, 0.1) is 0 Å². The topological polar surface area (TPSA) is 49.9 Å². The summed E-state index contributed by atoms with van der Waals surface area (Å²) in [5, 5.41) is 0. The summed E-state index contributed by atoms with van der Waals surface area (Å²) in [6.07, 6.45) is 1.92. The second-order valence-electron chi connectivity index (χ2n) is 5.29. The van der Waals surface area contributed by atoms with Crippen molar-refractivity contribution >= 4 is 17.6 Å². The van der Waals surface area contributed by atoms with Crippen molar-refractivity contribution < 1.29 is 14.3 Å². The lowest BCUT2D eigenvalue weighted by Crippen LogP contribution is -2.40. The Hall–Kier alpha value is -1.88. The number of anilines is 1. The Bertz CT molecular complexity index is 490. The van der Waals surface area contributed by atoms with Gasteiger partial charge in [-0.1, -0.05) is 18.2 Å². The standard InChI is InChI=1S/C16H22N2O3/c1-17(11-6-9-15(19)21-2)14-10-12-18(16(14)20)13-7-4-3-5-8-13/h3-5,7-8,14H,6,9-12H2,1-2H3. The zero-order valence-electron chi connectivity index (χ0n) is 12.6. The number of carbonyl (C=O) groups excluding carboxylic acids is 2. The molecule has 21 heavy (non-hydrogen) atoms. The maximum atomic E-state index is 12.5. The van der Waals surface area contributed by atoms with Crippen molar-refractivity contribution in [3.05, 3.63) is 30.3 Å². The van der Waals surface area contributed by atoms with E-state index >= 15 is 0 Å². The van der Waals surface area contributed by atoms with E-state index in [1.165, 1.54) is 7.11 Å². The van der Waals surface area contributed by atoms with Gasteiger partial charge in [-0.05, 0) is 38.6 Å². The minimum atomic E-state index is -0.202. The van der Waals surface area contributed by atoms with E-state index < -0.39 is 0 Å². The highest BCUT2D eigenvalue weighted by Gasteiger charge is 2.34. The molecule has 1 aliphatic rings. The third-order valence-electron chi connectivity index (χ3n) is 3.90. The molecular weight excluding hydrogens is 268 g/mol. The van der Waals surface area contributed by atoms with E-state index in [-0.39, 0.29) is 17.9 Å². The lowest BCUT2D eigenvalue weighted by Gasteiger charge is -2.23. The summed E-state index contributed by atoms with van der Waals surface area (Å²) in [6, 6.07) is 9.64. The largest absolute Gasteiger partial charge is 0.469 e. The van der Waals surface area contributed by atoms with Crippen molar-refractivity contribution in [2.45, 2.75) is 25.3 Å². The van der Waals surface area contributed by atoms with Gasteiger partial charge in [0.2, 0.25) is 5.91 Å². The molecule has 2 rings (SSSR count). The maximum absolute atomic E-state index is 12.5. The van der Waals surface area contributed by atoms with E-state index in [9.17, 15) is 9.59 Å². The second-order valence-corrected chi connectivity index (χ2v) is 5.29. The number of nitrogens with zero attached hydrogens (tertiary/aromatic N) is 2. The number of carbonyl (C=O) groups is 2. The van der Waals surface area contributed by atoms with Crippen LogP contribution in [0.25, 0.3) is 0 Å². The van der Waals surface area contributed by atoms with Gasteiger partial charge >= 0.3 is 5.97 Å². The quantitative estimate of drug-likeness (QED) is 0.748. The summed E-state index contributed by atoms with van der Waals surface area (Å²) < 4.78 is 4.62. The van der Waals surface area contributed by atoms with Gasteiger partial charge in [-0.2, -0.15) is 0 Å². The average molecular weight is 290 g/mol. The van der Waals surface area contributed by atoms with Gasteiger partial charge in [0.25, 0.3) is 0 Å². The van der Waals surface area contributed by atoms with E-state index in [1.807, 2.05) is 47.2 Å². The van der Waals surface area contributed by atoms with Crippen LogP contribution in [0.2, 0.25) is 0 Å². The van der Waals surface area contributed by atoms with E-state index in [0.29, 0.717) is 19.4 Å². The summed E-state index contributed by atoms with van der Waals surface area (Å²) >= 11 is 0. The number of benzene rings is 1. The Balaban J connectivity index is 1.88. The number of hydrogen-bond donors (Lipinski definition) is 0. The van der Waals surface area contributed by atoms with Crippen LogP contribution < -0.4 is 4.90 Å². The fourth-order valence-corrected chi connectivity index (χ4v) is 2.67. The summed E-state index contributed by atoms with van der Waals surface area (Å²) in [7, 11) is 3.33. The molecule has 0 N–H and O–H groups in total. The van der Waals surface area contributed by atoms with Gasteiger partial charge in [-0.15, -0.1) is 0 Å². The molecule has 0 saturated carbocycles. The van der Waals surface area contributed by atoms with Crippen molar-refractivity contribution in [2.24, 2.45) is 0 Å². The summed E-state index contributed by atoms with van der Waals surface area (Å²) in [5.74, 6) is -0.0613. The highest BCUT2D eigenvalue weighted by molar-refractivity contribution is 5.99. The van der Waals surface area contributed by atoms with Crippen LogP contribution in [0.15, 0.2) is 30.3 Å². The molecule has 1 unspecified atom stereocenters. The van der Waals surface area contributed by atoms with Crippen molar-refractivity contribution in [1.82, 2.24) is 4.90 Å². The molecule has 0 radical (unpaired) electrons. The summed E-state index contributed by atoms with van der Waals surface area (Å²) in [4.78, 5) is 27.5. The van der Waals surface area contributed by atoms with Crippen LogP contribution in [0.1, 0.15) is 19.3 Å². The number of methoxy groups -OCH3 is 1. The van der Waals surface area contributed by atoms with Gasteiger partial charge < -0.3 is 9.64 Å². The second kappa shape index (κ2) is 7.22. The van der Waals surface area contributed by atoms with Crippen molar-refractivity contribution in [2.75, 3.05) is 32.1 Å². The minimum absolute atomic E-state index is 0.0946. The lowest BCUT2D eigenvalue weighted by molar-refractivity contribution is -0.140. The Morgan fingerprint density at radius 2 is 2.10 bits per heavy atom. The molecule has 0 spiro atoms. The smallest absolute Gasteiger partial charge is 0.305 e. The molecule has 1 heterocycles. The van der Waals surface area contributed by atoms with Crippen molar-refractivity contribution in [1.29, 1.82) is 0 Å². The number of esters is 1. The third kappa shape index (κ3) is 3.82. The molecule has 0 aliphatic carbocycles. The van der Waals surface area contributed by atoms with Gasteiger partial charge in [-0.25, -0.2) is 0 Å². The molecule has 114 valence electrons. The zero-order valence-corrected chi connectivity index (χ0v) is 12.6. The number of para-hydroxylation sites is 1. The van der Waals surface area contributed by atoms with Crippen LogP contribution in [-0.2, 0) is 14.3 Å². The van der Waals surface area contributed by atoms with Gasteiger partial charge in [0.05, 0.1) is 13.2 Å². The first kappa shape index (κ1) is 15.5. The van der Waals surface area contributed by atoms with Crippen LogP contribution in [0.3, 0.4) is 0 Å². The van der Waals surface area contributed by atoms with Crippen LogP contribution in [-0.4, -0.2) is 50.1 Å². The van der Waals surface area contributed by atoms with E-state index in [0.717, 1.165) is 18.7 Å². The zero-order chi connectivity index (χ0) is 15.2. The number of amides is 1. The monoisotopic (exact) mass is 290 g/mol. The van der Waals surface area contributed by atoms with Gasteiger partial charge in [-0.3, -0.25) is 14.5 Å². The van der Waals surface area contributed by atoms with Crippen LogP contribution in [0.4, 0.5) is 5.69 Å². The Morgan fingerprint density at radius 3 is 2.76 bits per heavy atom. The number of ether oxygens (including phenoxy) is 1. The first-order chi connectivity index (χ1) is 10.1. The fraction of sp³-hybridized carbons (Fsp3) is 0.500. The summed E-state index contributed by atoms with van der Waals surface area (Å²) in [5.41, 5.74) is 0.952. The molecule has 1 amide bonds. The van der Waals surface area contributed by atoms with Gasteiger partial charge in [0.15, 0.2) is 0 Å². The normalized spacial score (nSPS) is 18.3. The first-order valence-electron chi connectivity index (χ1n) is 7.27. The van der Waals surface area contributed by atoms with Crippen molar-refractivity contribution in [3.63, 3.8) is 0 Å². The number of hydrogen-bond acceptors (Lipinski definition) is 4. The molecule has 0 bridgehead atoms. The Kier molecular flexibility index (Phi) is 5.33. The van der Waals surface area contributed by atoms with E-state index in [1.54, 1.807) is 0 Å². The number of rotatable bonds is 6. The fourth-order valence-electron chi connectivity index (χ4n) is 2.67. The predicted octanol–water partition coefficient (Wildman–Crippen LogP) is 1.68. The van der Waals surface area contributed by atoms with Gasteiger partial charge in [0.1, 0.15) is 0 Å². The SMILES string of the molecule is COC(=O)CCCN(C)C1CCN(c2ccccc2)C1=O. The number of likely N-dealkylation sites (N-methyl/N-ethyl adjacent to an activating group) is 1. The van der Waals surface area contributed by atoms with Crippen LogP contribution in [0.5, 0.6) is 0 Å². The molecule has 5 nitrogen and oxygen atoms in total. The predicted molar refractivity (Wildman–Crippen MR) is 81.1 cm³/mol.